The predicted molar refractivity (Wildman–Crippen MR) is 67.5 cm³/mol. The molecule has 1 atom stereocenters. The average molecular weight is 290 g/mol. The van der Waals surface area contributed by atoms with E-state index in [4.69, 9.17) is 0 Å². The van der Waals surface area contributed by atoms with Crippen LogP contribution in [-0.4, -0.2) is 12.0 Å². The number of hydrogen-bond acceptors (Lipinski definition) is 0. The molecule has 0 N–H and O–H groups in total. The molecule has 1 unspecified atom stereocenters. The predicted octanol–water partition coefficient (Wildman–Crippen LogP) is 3.72. The lowest BCUT2D eigenvalue weighted by atomic mass is 10.1. The fourth-order valence-corrected chi connectivity index (χ4v) is 3.40. The summed E-state index contributed by atoms with van der Waals surface area (Å²) >= 11 is 2.47. The van der Waals surface area contributed by atoms with Crippen LogP contribution in [0.2, 0.25) is 19.6 Å². The van der Waals surface area contributed by atoms with E-state index in [1.807, 2.05) is 0 Å². The summed E-state index contributed by atoms with van der Waals surface area (Å²) in [4.78, 5) is 0. The summed E-state index contributed by atoms with van der Waals surface area (Å²) in [6.45, 7) is 7.11. The Kier molecular flexibility index (Phi) is 3.35. The van der Waals surface area contributed by atoms with E-state index in [-0.39, 0.29) is 0 Å². The van der Waals surface area contributed by atoms with Crippen molar-refractivity contribution in [3.63, 3.8) is 0 Å². The molecular weight excluding hydrogens is 275 g/mol. The zero-order valence-electron chi connectivity index (χ0n) is 7.84. The van der Waals surface area contributed by atoms with Crippen molar-refractivity contribution in [2.75, 3.05) is 0 Å². The highest BCUT2D eigenvalue weighted by Crippen LogP contribution is 2.22. The first-order valence-electron chi connectivity index (χ1n) is 4.21. The highest BCUT2D eigenvalue weighted by atomic mass is 127. The summed E-state index contributed by atoms with van der Waals surface area (Å²) in [5.74, 6) is 0. The molecule has 0 bridgehead atoms. The molecule has 0 aromatic heterocycles. The van der Waals surface area contributed by atoms with Gasteiger partial charge in [0.15, 0.2) is 0 Å². The van der Waals surface area contributed by atoms with E-state index in [0.29, 0.717) is 3.92 Å². The Morgan fingerprint density at radius 1 is 1.33 bits per heavy atom. The highest BCUT2D eigenvalue weighted by Gasteiger charge is 2.13. The summed E-state index contributed by atoms with van der Waals surface area (Å²) in [6.07, 6.45) is 8.72. The van der Waals surface area contributed by atoms with Gasteiger partial charge in [-0.25, -0.2) is 0 Å². The third kappa shape index (κ3) is 3.27. The lowest BCUT2D eigenvalue weighted by molar-refractivity contribution is 1.33. The van der Waals surface area contributed by atoms with Gasteiger partial charge in [-0.2, -0.15) is 0 Å². The zero-order valence-corrected chi connectivity index (χ0v) is 11.0. The second kappa shape index (κ2) is 3.92. The molecule has 0 fully saturated rings. The van der Waals surface area contributed by atoms with Gasteiger partial charge >= 0.3 is 0 Å². The maximum atomic E-state index is 2.48. The monoisotopic (exact) mass is 290 g/mol. The Morgan fingerprint density at radius 2 is 2.00 bits per heavy atom. The molecule has 0 nitrogen and oxygen atoms in total. The Labute approximate surface area is 89.6 Å². The van der Waals surface area contributed by atoms with Crippen molar-refractivity contribution in [2.45, 2.75) is 23.6 Å². The van der Waals surface area contributed by atoms with Gasteiger partial charge in [-0.1, -0.05) is 72.2 Å². The van der Waals surface area contributed by atoms with E-state index in [0.717, 1.165) is 0 Å². The molecule has 0 saturated carbocycles. The van der Waals surface area contributed by atoms with Gasteiger partial charge in [-0.15, -0.1) is 0 Å². The van der Waals surface area contributed by atoms with Gasteiger partial charge < -0.3 is 0 Å². The normalized spacial score (nSPS) is 26.7. The molecule has 66 valence electrons. The Bertz CT molecular complexity index is 243. The molecule has 0 amide bonds. The lowest BCUT2D eigenvalue weighted by Crippen LogP contribution is -2.18. The SMILES string of the molecule is C[Si](C)(C)C=C1C=CC=CC1I. The first-order chi connectivity index (χ1) is 5.49. The number of allylic oxidation sites excluding steroid dienone is 5. The van der Waals surface area contributed by atoms with Crippen molar-refractivity contribution in [3.05, 3.63) is 35.6 Å². The van der Waals surface area contributed by atoms with E-state index in [1.165, 1.54) is 5.57 Å². The van der Waals surface area contributed by atoms with Crippen LogP contribution in [0.5, 0.6) is 0 Å². The molecular formula is C10H15ISi. The van der Waals surface area contributed by atoms with Gasteiger partial charge in [0.25, 0.3) is 0 Å². The molecule has 0 saturated heterocycles. The maximum absolute atomic E-state index is 2.48. The van der Waals surface area contributed by atoms with Crippen LogP contribution in [0.15, 0.2) is 35.6 Å². The number of rotatable bonds is 1. The minimum atomic E-state index is -1.04. The number of halogens is 1. The van der Waals surface area contributed by atoms with Crippen LogP contribution >= 0.6 is 22.6 Å². The molecule has 0 aliphatic heterocycles. The number of hydrogen-bond donors (Lipinski definition) is 0. The molecule has 0 spiro atoms. The van der Waals surface area contributed by atoms with Crippen LogP contribution in [-0.2, 0) is 0 Å². The van der Waals surface area contributed by atoms with Crippen molar-refractivity contribution in [1.82, 2.24) is 0 Å². The molecule has 0 radical (unpaired) electrons. The van der Waals surface area contributed by atoms with Gasteiger partial charge in [-0.05, 0) is 5.57 Å². The largest absolute Gasteiger partial charge is 0.0905 e. The zero-order chi connectivity index (χ0) is 9.19. The van der Waals surface area contributed by atoms with Crippen molar-refractivity contribution in [3.8, 4) is 0 Å². The van der Waals surface area contributed by atoms with Crippen LogP contribution in [0, 0.1) is 0 Å². The summed E-state index contributed by atoms with van der Waals surface area (Å²) < 4.78 is 0.583. The van der Waals surface area contributed by atoms with Crippen molar-refractivity contribution < 1.29 is 0 Å². The Balaban J connectivity index is 2.82. The van der Waals surface area contributed by atoms with Crippen LogP contribution in [0.25, 0.3) is 0 Å². The second-order valence-corrected chi connectivity index (χ2v) is 10.5. The summed E-state index contributed by atoms with van der Waals surface area (Å²) in [5.41, 5.74) is 3.96. The smallest absolute Gasteiger partial charge is 0.0691 e. The third-order valence-electron chi connectivity index (χ3n) is 1.60. The Morgan fingerprint density at radius 3 is 2.50 bits per heavy atom. The minimum absolute atomic E-state index is 0.583. The number of alkyl halides is 1. The summed E-state index contributed by atoms with van der Waals surface area (Å²) in [5, 5.41) is 0. The lowest BCUT2D eigenvalue weighted by Gasteiger charge is -2.16. The van der Waals surface area contributed by atoms with Gasteiger partial charge in [0.05, 0.1) is 12.0 Å². The highest BCUT2D eigenvalue weighted by molar-refractivity contribution is 14.1. The van der Waals surface area contributed by atoms with Crippen LogP contribution in [0.3, 0.4) is 0 Å². The molecule has 0 heterocycles. The van der Waals surface area contributed by atoms with Gasteiger partial charge in [-0.3, -0.25) is 0 Å². The third-order valence-corrected chi connectivity index (χ3v) is 3.93. The topological polar surface area (TPSA) is 0 Å². The fourth-order valence-electron chi connectivity index (χ4n) is 1.16. The van der Waals surface area contributed by atoms with E-state index < -0.39 is 8.07 Å². The molecule has 1 rings (SSSR count). The minimum Gasteiger partial charge on any atom is -0.0905 e. The maximum Gasteiger partial charge on any atom is 0.0691 e. The fraction of sp³-hybridized carbons (Fsp3) is 0.400. The molecule has 0 aromatic rings. The average Bonchev–Trinajstić information content (AvgIpc) is 1.91. The van der Waals surface area contributed by atoms with Crippen LogP contribution < -0.4 is 0 Å². The molecule has 2 heteroatoms. The van der Waals surface area contributed by atoms with Crippen LogP contribution in [0.1, 0.15) is 0 Å². The van der Waals surface area contributed by atoms with Crippen molar-refractivity contribution in [1.29, 1.82) is 0 Å². The molecule has 0 aromatic carbocycles. The standard InChI is InChI=1S/C10H15ISi/c1-12(2,3)8-9-6-4-5-7-10(9)11/h4-8,10H,1-3H3. The van der Waals surface area contributed by atoms with E-state index in [1.54, 1.807) is 0 Å². The Hall–Kier alpha value is 0.167. The van der Waals surface area contributed by atoms with E-state index in [2.05, 4.69) is 72.2 Å². The van der Waals surface area contributed by atoms with Gasteiger partial charge in [0, 0.05) is 0 Å². The summed E-state index contributed by atoms with van der Waals surface area (Å²) in [6, 6.07) is 0. The summed E-state index contributed by atoms with van der Waals surface area (Å²) in [7, 11) is -1.04. The van der Waals surface area contributed by atoms with Gasteiger partial charge in [0.2, 0.25) is 0 Å². The van der Waals surface area contributed by atoms with E-state index >= 15 is 0 Å². The van der Waals surface area contributed by atoms with Crippen molar-refractivity contribution >= 4 is 30.7 Å². The van der Waals surface area contributed by atoms with Crippen molar-refractivity contribution in [2.24, 2.45) is 0 Å². The van der Waals surface area contributed by atoms with Crippen LogP contribution in [0.4, 0.5) is 0 Å². The molecule has 12 heavy (non-hydrogen) atoms. The second-order valence-electron chi connectivity index (χ2n) is 4.16. The first kappa shape index (κ1) is 10.2. The van der Waals surface area contributed by atoms with E-state index in [9.17, 15) is 0 Å². The molecule has 1 aliphatic rings. The molecule has 1 aliphatic carbocycles. The first-order valence-corrected chi connectivity index (χ1v) is 9.03. The van der Waals surface area contributed by atoms with Gasteiger partial charge in [0.1, 0.15) is 0 Å². The quantitative estimate of drug-likeness (QED) is 0.392.